The van der Waals surface area contributed by atoms with Gasteiger partial charge >= 0.3 is 0 Å². The standard InChI is InChI=1S/C18H29N/c1-14(2)12-16-8-10-17(11-9-16)13-19-15(3)18-6-4-5-7-18/h8-11,14-15,18-19H,4-7,12-13H2,1-3H3. The molecule has 1 heteroatoms. The molecule has 1 aliphatic carbocycles. The molecule has 0 spiro atoms. The van der Waals surface area contributed by atoms with Crippen LogP contribution in [0.25, 0.3) is 0 Å². The van der Waals surface area contributed by atoms with E-state index in [0.29, 0.717) is 6.04 Å². The second-order valence-electron chi connectivity index (χ2n) is 6.63. The van der Waals surface area contributed by atoms with Gasteiger partial charge in [0.1, 0.15) is 0 Å². The van der Waals surface area contributed by atoms with Crippen LogP contribution < -0.4 is 5.32 Å². The first-order valence-corrected chi connectivity index (χ1v) is 7.96. The zero-order valence-electron chi connectivity index (χ0n) is 12.8. The highest BCUT2D eigenvalue weighted by molar-refractivity contribution is 5.22. The molecular formula is C18H29N. The maximum atomic E-state index is 3.70. The van der Waals surface area contributed by atoms with Crippen LogP contribution in [-0.2, 0) is 13.0 Å². The van der Waals surface area contributed by atoms with Crippen molar-refractivity contribution in [1.82, 2.24) is 5.32 Å². The van der Waals surface area contributed by atoms with Gasteiger partial charge in [0.2, 0.25) is 0 Å². The molecule has 1 unspecified atom stereocenters. The van der Waals surface area contributed by atoms with Crippen molar-refractivity contribution in [2.75, 3.05) is 0 Å². The fourth-order valence-corrected chi connectivity index (χ4v) is 3.17. The minimum absolute atomic E-state index is 0.665. The van der Waals surface area contributed by atoms with Gasteiger partial charge in [0, 0.05) is 12.6 Å². The van der Waals surface area contributed by atoms with Crippen LogP contribution in [0, 0.1) is 11.8 Å². The van der Waals surface area contributed by atoms with E-state index in [1.165, 1.54) is 43.2 Å². The van der Waals surface area contributed by atoms with Crippen LogP contribution in [0.15, 0.2) is 24.3 Å². The second kappa shape index (κ2) is 7.09. The molecular weight excluding hydrogens is 230 g/mol. The largest absolute Gasteiger partial charge is 0.310 e. The molecule has 1 fully saturated rings. The van der Waals surface area contributed by atoms with Crippen LogP contribution in [0.5, 0.6) is 0 Å². The first-order chi connectivity index (χ1) is 9.15. The van der Waals surface area contributed by atoms with Crippen molar-refractivity contribution in [3.05, 3.63) is 35.4 Å². The molecule has 1 aromatic rings. The summed E-state index contributed by atoms with van der Waals surface area (Å²) in [5, 5.41) is 3.70. The van der Waals surface area contributed by atoms with Crippen molar-refractivity contribution in [2.24, 2.45) is 11.8 Å². The van der Waals surface area contributed by atoms with Crippen molar-refractivity contribution < 1.29 is 0 Å². The molecule has 0 aliphatic heterocycles. The lowest BCUT2D eigenvalue weighted by Crippen LogP contribution is -2.31. The van der Waals surface area contributed by atoms with E-state index < -0.39 is 0 Å². The van der Waals surface area contributed by atoms with Crippen molar-refractivity contribution in [2.45, 2.75) is 65.5 Å². The second-order valence-corrected chi connectivity index (χ2v) is 6.63. The molecule has 106 valence electrons. The van der Waals surface area contributed by atoms with Crippen molar-refractivity contribution in [3.8, 4) is 0 Å². The first kappa shape index (κ1) is 14.6. The number of benzene rings is 1. The third kappa shape index (κ3) is 4.65. The lowest BCUT2D eigenvalue weighted by atomic mass is 9.99. The minimum Gasteiger partial charge on any atom is -0.310 e. The van der Waals surface area contributed by atoms with Gasteiger partial charge in [-0.25, -0.2) is 0 Å². The summed E-state index contributed by atoms with van der Waals surface area (Å²) in [5.41, 5.74) is 2.87. The van der Waals surface area contributed by atoms with E-state index in [1.54, 1.807) is 0 Å². The third-order valence-corrected chi connectivity index (χ3v) is 4.40. The fraction of sp³-hybridized carbons (Fsp3) is 0.667. The Kier molecular flexibility index (Phi) is 5.45. The number of hydrogen-bond acceptors (Lipinski definition) is 1. The van der Waals surface area contributed by atoms with E-state index in [9.17, 15) is 0 Å². The van der Waals surface area contributed by atoms with Gasteiger partial charge in [0.15, 0.2) is 0 Å². The van der Waals surface area contributed by atoms with E-state index in [2.05, 4.69) is 50.4 Å². The van der Waals surface area contributed by atoms with Gasteiger partial charge in [-0.05, 0) is 49.1 Å². The molecule has 0 aromatic heterocycles. The van der Waals surface area contributed by atoms with E-state index >= 15 is 0 Å². The van der Waals surface area contributed by atoms with Gasteiger partial charge < -0.3 is 5.32 Å². The Hall–Kier alpha value is -0.820. The van der Waals surface area contributed by atoms with Crippen LogP contribution in [0.2, 0.25) is 0 Å². The van der Waals surface area contributed by atoms with Crippen LogP contribution in [-0.4, -0.2) is 6.04 Å². The molecule has 1 N–H and O–H groups in total. The van der Waals surface area contributed by atoms with Gasteiger partial charge in [-0.3, -0.25) is 0 Å². The first-order valence-electron chi connectivity index (χ1n) is 7.96. The Bertz CT molecular complexity index is 360. The van der Waals surface area contributed by atoms with Crippen LogP contribution in [0.4, 0.5) is 0 Å². The van der Waals surface area contributed by atoms with Gasteiger partial charge in [-0.2, -0.15) is 0 Å². The minimum atomic E-state index is 0.665. The highest BCUT2D eigenvalue weighted by Gasteiger charge is 2.20. The number of nitrogens with one attached hydrogen (secondary N) is 1. The van der Waals surface area contributed by atoms with Gasteiger partial charge in [0.25, 0.3) is 0 Å². The maximum Gasteiger partial charge on any atom is 0.0208 e. The van der Waals surface area contributed by atoms with Crippen LogP contribution >= 0.6 is 0 Å². The SMILES string of the molecule is CC(C)Cc1ccc(CNC(C)C2CCCC2)cc1. The van der Waals surface area contributed by atoms with Crippen molar-refractivity contribution in [3.63, 3.8) is 0 Å². The average Bonchev–Trinajstić information content (AvgIpc) is 2.91. The number of rotatable bonds is 6. The average molecular weight is 259 g/mol. The summed E-state index contributed by atoms with van der Waals surface area (Å²) in [6.07, 6.45) is 6.89. The molecule has 1 aromatic carbocycles. The normalized spacial score (nSPS) is 18.1. The van der Waals surface area contributed by atoms with Gasteiger partial charge in [-0.15, -0.1) is 0 Å². The van der Waals surface area contributed by atoms with Crippen molar-refractivity contribution >= 4 is 0 Å². The summed E-state index contributed by atoms with van der Waals surface area (Å²) >= 11 is 0. The van der Waals surface area contributed by atoms with E-state index in [-0.39, 0.29) is 0 Å². The Morgan fingerprint density at radius 1 is 1.00 bits per heavy atom. The molecule has 0 amide bonds. The summed E-state index contributed by atoms with van der Waals surface area (Å²) in [4.78, 5) is 0. The summed E-state index contributed by atoms with van der Waals surface area (Å²) in [7, 11) is 0. The Morgan fingerprint density at radius 2 is 1.58 bits per heavy atom. The zero-order valence-corrected chi connectivity index (χ0v) is 12.8. The Balaban J connectivity index is 1.79. The fourth-order valence-electron chi connectivity index (χ4n) is 3.17. The molecule has 1 nitrogen and oxygen atoms in total. The zero-order chi connectivity index (χ0) is 13.7. The highest BCUT2D eigenvalue weighted by atomic mass is 14.9. The summed E-state index contributed by atoms with van der Waals surface area (Å²) in [6.45, 7) is 7.92. The summed E-state index contributed by atoms with van der Waals surface area (Å²) in [6, 6.07) is 9.81. The smallest absolute Gasteiger partial charge is 0.0208 e. The van der Waals surface area contributed by atoms with E-state index in [4.69, 9.17) is 0 Å². The molecule has 0 radical (unpaired) electrons. The summed E-state index contributed by atoms with van der Waals surface area (Å²) < 4.78 is 0. The molecule has 1 atom stereocenters. The summed E-state index contributed by atoms with van der Waals surface area (Å²) in [5.74, 6) is 1.64. The van der Waals surface area contributed by atoms with E-state index in [1.807, 2.05) is 0 Å². The molecule has 19 heavy (non-hydrogen) atoms. The third-order valence-electron chi connectivity index (χ3n) is 4.40. The molecule has 0 saturated heterocycles. The quantitative estimate of drug-likeness (QED) is 0.790. The maximum absolute atomic E-state index is 3.70. The van der Waals surface area contributed by atoms with Crippen LogP contribution in [0.3, 0.4) is 0 Å². The topological polar surface area (TPSA) is 12.0 Å². The molecule has 1 saturated carbocycles. The Labute approximate surface area is 118 Å². The lowest BCUT2D eigenvalue weighted by molar-refractivity contribution is 0.380. The molecule has 1 aliphatic rings. The van der Waals surface area contributed by atoms with Gasteiger partial charge in [-0.1, -0.05) is 51.0 Å². The van der Waals surface area contributed by atoms with Crippen LogP contribution in [0.1, 0.15) is 57.6 Å². The molecule has 2 rings (SSSR count). The van der Waals surface area contributed by atoms with E-state index in [0.717, 1.165) is 18.4 Å². The lowest BCUT2D eigenvalue weighted by Gasteiger charge is -2.20. The highest BCUT2D eigenvalue weighted by Crippen LogP contribution is 2.27. The number of hydrogen-bond donors (Lipinski definition) is 1. The monoisotopic (exact) mass is 259 g/mol. The predicted octanol–water partition coefficient (Wildman–Crippen LogP) is 4.55. The molecule has 0 heterocycles. The Morgan fingerprint density at radius 3 is 2.16 bits per heavy atom. The predicted molar refractivity (Wildman–Crippen MR) is 83.2 cm³/mol. The van der Waals surface area contributed by atoms with Gasteiger partial charge in [0.05, 0.1) is 0 Å². The molecule has 0 bridgehead atoms. The van der Waals surface area contributed by atoms with Crippen molar-refractivity contribution in [1.29, 1.82) is 0 Å².